The van der Waals surface area contributed by atoms with Crippen LogP contribution >= 0.6 is 11.6 Å². The van der Waals surface area contributed by atoms with Gasteiger partial charge in [0.2, 0.25) is 5.91 Å². The van der Waals surface area contributed by atoms with Crippen LogP contribution in [-0.2, 0) is 11.3 Å². The molecule has 0 bridgehead atoms. The molecule has 6 heteroatoms. The van der Waals surface area contributed by atoms with E-state index >= 15 is 0 Å². The summed E-state index contributed by atoms with van der Waals surface area (Å²) in [5, 5.41) is 6.67. The largest absolute Gasteiger partial charge is 0.350 e. The predicted molar refractivity (Wildman–Crippen MR) is 92.2 cm³/mol. The fourth-order valence-corrected chi connectivity index (χ4v) is 2.16. The van der Waals surface area contributed by atoms with E-state index in [1.165, 1.54) is 0 Å². The van der Waals surface area contributed by atoms with Gasteiger partial charge in [-0.05, 0) is 32.4 Å². The number of hydrogen-bond donors (Lipinski definition) is 2. The first kappa shape index (κ1) is 18.3. The lowest BCUT2D eigenvalue weighted by Gasteiger charge is -2.24. The van der Waals surface area contributed by atoms with E-state index in [1.807, 2.05) is 57.0 Å². The molecule has 0 radical (unpaired) electrons. The van der Waals surface area contributed by atoms with Gasteiger partial charge in [0.05, 0.1) is 6.54 Å². The highest BCUT2D eigenvalue weighted by atomic mass is 35.5. The number of amides is 1. The maximum Gasteiger partial charge on any atom is 0.239 e. The van der Waals surface area contributed by atoms with Crippen LogP contribution in [0.15, 0.2) is 29.3 Å². The normalized spacial score (nSPS) is 12.0. The van der Waals surface area contributed by atoms with E-state index in [-0.39, 0.29) is 18.0 Å². The van der Waals surface area contributed by atoms with Gasteiger partial charge < -0.3 is 15.5 Å². The second kappa shape index (κ2) is 8.03. The Balaban J connectivity index is 2.58. The fraction of sp³-hybridized carbons (Fsp3) is 0.500. The van der Waals surface area contributed by atoms with Crippen LogP contribution in [0.2, 0.25) is 5.02 Å². The predicted octanol–water partition coefficient (Wildman–Crippen LogP) is 2.26. The Kier molecular flexibility index (Phi) is 6.68. The third-order valence-corrected chi connectivity index (χ3v) is 3.23. The number of rotatable bonds is 4. The molecule has 0 spiro atoms. The summed E-state index contributed by atoms with van der Waals surface area (Å²) in [6.45, 7) is 6.63. The van der Waals surface area contributed by atoms with Gasteiger partial charge in [-0.3, -0.25) is 9.79 Å². The summed E-state index contributed by atoms with van der Waals surface area (Å²) >= 11 is 6.17. The van der Waals surface area contributed by atoms with Gasteiger partial charge in [-0.2, -0.15) is 0 Å². The molecule has 0 saturated carbocycles. The van der Waals surface area contributed by atoms with E-state index in [9.17, 15) is 4.79 Å². The van der Waals surface area contributed by atoms with Crippen LogP contribution in [0.1, 0.15) is 26.3 Å². The summed E-state index contributed by atoms with van der Waals surface area (Å²) in [7, 11) is 3.59. The molecule has 22 heavy (non-hydrogen) atoms. The molecule has 0 aromatic heterocycles. The van der Waals surface area contributed by atoms with Crippen molar-refractivity contribution < 1.29 is 4.79 Å². The molecule has 0 aliphatic rings. The van der Waals surface area contributed by atoms with E-state index in [0.717, 1.165) is 10.6 Å². The number of carbonyl (C=O) groups excluding carboxylic acids is 1. The summed E-state index contributed by atoms with van der Waals surface area (Å²) in [5.41, 5.74) is 0.764. The first-order valence-electron chi connectivity index (χ1n) is 7.19. The topological polar surface area (TPSA) is 56.7 Å². The van der Waals surface area contributed by atoms with E-state index < -0.39 is 0 Å². The van der Waals surface area contributed by atoms with Gasteiger partial charge in [0, 0.05) is 31.2 Å². The molecule has 1 amide bonds. The highest BCUT2D eigenvalue weighted by Gasteiger charge is 2.15. The Bertz CT molecular complexity index is 537. The Morgan fingerprint density at radius 2 is 1.95 bits per heavy atom. The molecule has 0 fully saturated rings. The molecule has 2 N–H and O–H groups in total. The SMILES string of the molecule is CN=C(NCC(=O)NC(C)(C)C)N(C)Cc1ccccc1Cl. The minimum absolute atomic E-state index is 0.0696. The molecular formula is C16H25ClN4O. The molecular weight excluding hydrogens is 300 g/mol. The Morgan fingerprint density at radius 3 is 2.50 bits per heavy atom. The Morgan fingerprint density at radius 1 is 1.32 bits per heavy atom. The summed E-state index contributed by atoms with van der Waals surface area (Å²) in [5.74, 6) is 0.573. The quantitative estimate of drug-likeness (QED) is 0.660. The van der Waals surface area contributed by atoms with Crippen molar-refractivity contribution in [3.05, 3.63) is 34.9 Å². The zero-order valence-electron chi connectivity index (χ0n) is 13.9. The van der Waals surface area contributed by atoms with E-state index in [2.05, 4.69) is 15.6 Å². The molecule has 0 aliphatic carbocycles. The number of aliphatic imine (C=N–C) groups is 1. The van der Waals surface area contributed by atoms with Crippen molar-refractivity contribution in [2.24, 2.45) is 4.99 Å². The first-order chi connectivity index (χ1) is 10.2. The number of nitrogens with one attached hydrogen (secondary N) is 2. The van der Waals surface area contributed by atoms with Crippen LogP contribution in [0, 0.1) is 0 Å². The molecule has 0 heterocycles. The van der Waals surface area contributed by atoms with Gasteiger partial charge in [0.15, 0.2) is 5.96 Å². The lowest BCUT2D eigenvalue weighted by molar-refractivity contribution is -0.121. The molecule has 0 unspecified atom stereocenters. The summed E-state index contributed by atoms with van der Waals surface area (Å²) in [4.78, 5) is 18.0. The molecule has 1 aromatic rings. The van der Waals surface area contributed by atoms with Crippen LogP contribution in [0.5, 0.6) is 0 Å². The van der Waals surface area contributed by atoms with Gasteiger partial charge in [0.1, 0.15) is 0 Å². The molecule has 1 rings (SSSR count). The monoisotopic (exact) mass is 324 g/mol. The molecule has 0 saturated heterocycles. The number of nitrogens with zero attached hydrogens (tertiary/aromatic N) is 2. The molecule has 0 atom stereocenters. The van der Waals surface area contributed by atoms with Crippen molar-refractivity contribution in [2.75, 3.05) is 20.6 Å². The highest BCUT2D eigenvalue weighted by molar-refractivity contribution is 6.31. The molecule has 5 nitrogen and oxygen atoms in total. The average Bonchev–Trinajstić information content (AvgIpc) is 2.40. The van der Waals surface area contributed by atoms with Gasteiger partial charge in [-0.25, -0.2) is 0 Å². The van der Waals surface area contributed by atoms with Gasteiger partial charge in [-0.15, -0.1) is 0 Å². The lowest BCUT2D eigenvalue weighted by Crippen LogP contribution is -2.48. The maximum absolute atomic E-state index is 11.8. The van der Waals surface area contributed by atoms with Gasteiger partial charge in [0.25, 0.3) is 0 Å². The van der Waals surface area contributed by atoms with Crippen LogP contribution in [0.25, 0.3) is 0 Å². The minimum Gasteiger partial charge on any atom is -0.350 e. The number of hydrogen-bond acceptors (Lipinski definition) is 2. The van der Waals surface area contributed by atoms with Crippen LogP contribution in [0.3, 0.4) is 0 Å². The third-order valence-electron chi connectivity index (χ3n) is 2.86. The summed E-state index contributed by atoms with van der Waals surface area (Å²) < 4.78 is 0. The van der Waals surface area contributed by atoms with Crippen molar-refractivity contribution >= 4 is 23.5 Å². The number of carbonyl (C=O) groups is 1. The highest BCUT2D eigenvalue weighted by Crippen LogP contribution is 2.16. The van der Waals surface area contributed by atoms with Crippen molar-refractivity contribution in [1.29, 1.82) is 0 Å². The smallest absolute Gasteiger partial charge is 0.239 e. The van der Waals surface area contributed by atoms with E-state index in [4.69, 9.17) is 11.6 Å². The Labute approximate surface area is 137 Å². The van der Waals surface area contributed by atoms with E-state index in [1.54, 1.807) is 7.05 Å². The zero-order chi connectivity index (χ0) is 16.8. The minimum atomic E-state index is -0.244. The van der Waals surface area contributed by atoms with Crippen LogP contribution in [-0.4, -0.2) is 42.9 Å². The number of benzene rings is 1. The zero-order valence-corrected chi connectivity index (χ0v) is 14.7. The van der Waals surface area contributed by atoms with Crippen molar-refractivity contribution in [3.63, 3.8) is 0 Å². The summed E-state index contributed by atoms with van der Waals surface area (Å²) in [6, 6.07) is 7.67. The average molecular weight is 325 g/mol. The molecule has 122 valence electrons. The standard InChI is InChI=1S/C16H25ClN4O/c1-16(2,3)20-14(22)10-19-15(18-4)21(5)11-12-8-6-7-9-13(12)17/h6-9H,10-11H2,1-5H3,(H,18,19)(H,20,22). The van der Waals surface area contributed by atoms with E-state index in [0.29, 0.717) is 12.5 Å². The van der Waals surface area contributed by atoms with Crippen molar-refractivity contribution in [2.45, 2.75) is 32.9 Å². The molecule has 0 aliphatic heterocycles. The van der Waals surface area contributed by atoms with Gasteiger partial charge >= 0.3 is 0 Å². The second-order valence-corrected chi connectivity index (χ2v) is 6.55. The maximum atomic E-state index is 11.8. The van der Waals surface area contributed by atoms with Crippen LogP contribution in [0.4, 0.5) is 0 Å². The lowest BCUT2D eigenvalue weighted by atomic mass is 10.1. The second-order valence-electron chi connectivity index (χ2n) is 6.15. The van der Waals surface area contributed by atoms with Crippen molar-refractivity contribution in [3.8, 4) is 0 Å². The number of guanidine groups is 1. The van der Waals surface area contributed by atoms with Crippen LogP contribution < -0.4 is 10.6 Å². The van der Waals surface area contributed by atoms with Crippen molar-refractivity contribution in [1.82, 2.24) is 15.5 Å². The van der Waals surface area contributed by atoms with Gasteiger partial charge in [-0.1, -0.05) is 29.8 Å². The third kappa shape index (κ3) is 6.35. The Hall–Kier alpha value is -1.75. The first-order valence-corrected chi connectivity index (χ1v) is 7.57. The fourth-order valence-electron chi connectivity index (χ4n) is 1.96. The number of halogens is 1. The summed E-state index contributed by atoms with van der Waals surface area (Å²) in [6.07, 6.45) is 0. The molecule has 1 aromatic carbocycles.